The number of hydrogen-bond acceptors (Lipinski definition) is 7. The highest BCUT2D eigenvalue weighted by Gasteiger charge is 2.32. The van der Waals surface area contributed by atoms with E-state index >= 15 is 0 Å². The topological polar surface area (TPSA) is 102 Å². The van der Waals surface area contributed by atoms with Crippen LogP contribution in [-0.4, -0.2) is 46.3 Å². The highest BCUT2D eigenvalue weighted by molar-refractivity contribution is 7.92. The zero-order valence-electron chi connectivity index (χ0n) is 17.9. The number of ether oxygens (including phenoxy) is 2. The summed E-state index contributed by atoms with van der Waals surface area (Å²) in [7, 11) is -2.25. The third-order valence-electron chi connectivity index (χ3n) is 5.05. The van der Waals surface area contributed by atoms with Gasteiger partial charge in [0.1, 0.15) is 16.8 Å². The molecule has 10 heteroatoms. The van der Waals surface area contributed by atoms with E-state index in [4.69, 9.17) is 9.47 Å². The van der Waals surface area contributed by atoms with Gasteiger partial charge in [-0.1, -0.05) is 0 Å². The molecule has 1 aliphatic rings. The van der Waals surface area contributed by atoms with Gasteiger partial charge in [0, 0.05) is 4.88 Å². The second-order valence-electron chi connectivity index (χ2n) is 7.20. The number of nitrogens with one attached hydrogen (secondary N) is 1. The standard InChI is InChI=1S/C21H26N2O6S2/c1-5-29-21(25)18-16-7-6-8-17(16)30-20(18)22-19(24)13(2)23(31(4,26)27)14-9-11-15(28-3)12-10-14/h9-13H,5-8H2,1-4H3,(H,22,24)/t13-/m0/s1. The molecule has 2 aromatic rings. The van der Waals surface area contributed by atoms with Crippen molar-refractivity contribution < 1.29 is 27.5 Å². The second-order valence-corrected chi connectivity index (χ2v) is 10.2. The summed E-state index contributed by atoms with van der Waals surface area (Å²) in [6.45, 7) is 3.46. The first kappa shape index (κ1) is 23.1. The Morgan fingerprint density at radius 1 is 1.23 bits per heavy atom. The summed E-state index contributed by atoms with van der Waals surface area (Å²) < 4.78 is 36.4. The lowest BCUT2D eigenvalue weighted by Crippen LogP contribution is -2.45. The quantitative estimate of drug-likeness (QED) is 0.600. The lowest BCUT2D eigenvalue weighted by Gasteiger charge is -2.28. The Balaban J connectivity index is 1.90. The number of nitrogens with zero attached hydrogens (tertiary/aromatic N) is 1. The van der Waals surface area contributed by atoms with Gasteiger partial charge in [0.05, 0.1) is 31.2 Å². The van der Waals surface area contributed by atoms with Crippen molar-refractivity contribution in [3.63, 3.8) is 0 Å². The van der Waals surface area contributed by atoms with Crippen molar-refractivity contribution in [2.45, 2.75) is 39.2 Å². The van der Waals surface area contributed by atoms with Gasteiger partial charge in [-0.25, -0.2) is 13.2 Å². The summed E-state index contributed by atoms with van der Waals surface area (Å²) in [5.41, 5.74) is 1.64. The molecule has 8 nitrogen and oxygen atoms in total. The molecule has 0 saturated carbocycles. The fraction of sp³-hybridized carbons (Fsp3) is 0.429. The van der Waals surface area contributed by atoms with Gasteiger partial charge in [-0.2, -0.15) is 0 Å². The maximum atomic E-state index is 13.1. The number of aryl methyl sites for hydroxylation is 1. The van der Waals surface area contributed by atoms with E-state index in [0.717, 1.165) is 40.3 Å². The number of rotatable bonds is 8. The molecule has 0 fully saturated rings. The van der Waals surface area contributed by atoms with Crippen LogP contribution in [0, 0.1) is 0 Å². The number of fused-ring (bicyclic) bond motifs is 1. The molecule has 1 aromatic heterocycles. The highest BCUT2D eigenvalue weighted by Crippen LogP contribution is 2.39. The van der Waals surface area contributed by atoms with Gasteiger partial charge in [0.25, 0.3) is 0 Å². The lowest BCUT2D eigenvalue weighted by atomic mass is 10.1. The molecule has 0 saturated heterocycles. The number of esters is 1. The largest absolute Gasteiger partial charge is 0.497 e. The maximum Gasteiger partial charge on any atom is 0.341 e. The molecule has 168 valence electrons. The monoisotopic (exact) mass is 466 g/mol. The maximum absolute atomic E-state index is 13.1. The summed E-state index contributed by atoms with van der Waals surface area (Å²) in [5, 5.41) is 3.18. The summed E-state index contributed by atoms with van der Waals surface area (Å²) in [6, 6.07) is 5.36. The van der Waals surface area contributed by atoms with Gasteiger partial charge in [-0.3, -0.25) is 9.10 Å². The predicted octanol–water partition coefficient (Wildman–Crippen LogP) is 3.22. The number of sulfonamides is 1. The van der Waals surface area contributed by atoms with E-state index in [9.17, 15) is 18.0 Å². The first-order valence-electron chi connectivity index (χ1n) is 9.93. The Morgan fingerprint density at radius 2 is 1.90 bits per heavy atom. The van der Waals surface area contributed by atoms with E-state index in [1.54, 1.807) is 31.2 Å². The molecule has 1 amide bonds. The zero-order chi connectivity index (χ0) is 22.8. The molecule has 1 atom stereocenters. The molecule has 0 radical (unpaired) electrons. The van der Waals surface area contributed by atoms with E-state index in [0.29, 0.717) is 22.0 Å². The molecule has 31 heavy (non-hydrogen) atoms. The van der Waals surface area contributed by atoms with Crippen LogP contribution in [0.2, 0.25) is 0 Å². The number of benzene rings is 1. The van der Waals surface area contributed by atoms with Crippen molar-refractivity contribution in [2.24, 2.45) is 0 Å². The van der Waals surface area contributed by atoms with Crippen molar-refractivity contribution in [1.82, 2.24) is 0 Å². The van der Waals surface area contributed by atoms with Crippen LogP contribution in [0.1, 0.15) is 41.1 Å². The minimum Gasteiger partial charge on any atom is -0.497 e. The van der Waals surface area contributed by atoms with E-state index < -0.39 is 27.9 Å². The number of anilines is 2. The Bertz CT molecular complexity index is 1080. The SMILES string of the molecule is CCOC(=O)c1c(NC(=O)[C@H](C)N(c2ccc(OC)cc2)S(C)(=O)=O)sc2c1CCC2. The van der Waals surface area contributed by atoms with Crippen LogP contribution in [0.25, 0.3) is 0 Å². The molecular formula is C21H26N2O6S2. The van der Waals surface area contributed by atoms with Gasteiger partial charge in [0.15, 0.2) is 0 Å². The Morgan fingerprint density at radius 3 is 2.48 bits per heavy atom. The fourth-order valence-electron chi connectivity index (χ4n) is 3.67. The minimum atomic E-state index is -3.76. The number of thiophene rings is 1. The fourth-order valence-corrected chi connectivity index (χ4v) is 6.12. The summed E-state index contributed by atoms with van der Waals surface area (Å²) in [6.07, 6.45) is 3.61. The number of carbonyl (C=O) groups excluding carboxylic acids is 2. The number of hydrogen-bond donors (Lipinski definition) is 1. The van der Waals surface area contributed by atoms with Crippen LogP contribution in [0.4, 0.5) is 10.7 Å². The molecule has 0 bridgehead atoms. The van der Waals surface area contributed by atoms with Crippen LogP contribution >= 0.6 is 11.3 Å². The average molecular weight is 467 g/mol. The van der Waals surface area contributed by atoms with E-state index in [1.165, 1.54) is 25.4 Å². The normalized spacial score (nSPS) is 13.9. The molecule has 0 spiro atoms. The minimum absolute atomic E-state index is 0.229. The number of carbonyl (C=O) groups is 2. The van der Waals surface area contributed by atoms with Gasteiger partial charge in [-0.15, -0.1) is 11.3 Å². The van der Waals surface area contributed by atoms with Crippen LogP contribution in [-0.2, 0) is 32.4 Å². The molecule has 0 unspecified atom stereocenters. The van der Waals surface area contributed by atoms with Crippen molar-refractivity contribution in [3.05, 3.63) is 40.3 Å². The number of amides is 1. The summed E-state index contributed by atoms with van der Waals surface area (Å²) in [4.78, 5) is 26.7. The summed E-state index contributed by atoms with van der Waals surface area (Å²) in [5.74, 6) is -0.437. The summed E-state index contributed by atoms with van der Waals surface area (Å²) >= 11 is 1.35. The van der Waals surface area contributed by atoms with E-state index in [-0.39, 0.29) is 6.61 Å². The second kappa shape index (κ2) is 9.27. The van der Waals surface area contributed by atoms with Crippen molar-refractivity contribution in [3.8, 4) is 5.75 Å². The van der Waals surface area contributed by atoms with Crippen molar-refractivity contribution in [2.75, 3.05) is 29.6 Å². The first-order valence-corrected chi connectivity index (χ1v) is 12.6. The Hall–Kier alpha value is -2.59. The molecule has 1 heterocycles. The van der Waals surface area contributed by atoms with E-state index in [1.807, 2.05) is 0 Å². The van der Waals surface area contributed by atoms with E-state index in [2.05, 4.69) is 5.32 Å². The van der Waals surface area contributed by atoms with Crippen LogP contribution in [0.5, 0.6) is 5.75 Å². The van der Waals surface area contributed by atoms with Gasteiger partial charge < -0.3 is 14.8 Å². The lowest BCUT2D eigenvalue weighted by molar-refractivity contribution is -0.116. The first-order chi connectivity index (χ1) is 14.7. The van der Waals surface area contributed by atoms with Crippen molar-refractivity contribution >= 4 is 43.9 Å². The third-order valence-corrected chi connectivity index (χ3v) is 7.50. The van der Waals surface area contributed by atoms with Gasteiger partial charge >= 0.3 is 5.97 Å². The third kappa shape index (κ3) is 4.85. The van der Waals surface area contributed by atoms with Crippen LogP contribution in [0.15, 0.2) is 24.3 Å². The van der Waals surface area contributed by atoms with Gasteiger partial charge in [-0.05, 0) is 62.9 Å². The van der Waals surface area contributed by atoms with Crippen LogP contribution < -0.4 is 14.4 Å². The highest BCUT2D eigenvalue weighted by atomic mass is 32.2. The Labute approximate surface area is 186 Å². The predicted molar refractivity (Wildman–Crippen MR) is 121 cm³/mol. The van der Waals surface area contributed by atoms with Crippen LogP contribution in [0.3, 0.4) is 0 Å². The average Bonchev–Trinajstić information content (AvgIpc) is 3.28. The molecule has 3 rings (SSSR count). The smallest absolute Gasteiger partial charge is 0.341 e. The van der Waals surface area contributed by atoms with Gasteiger partial charge in [0.2, 0.25) is 15.9 Å². The molecular weight excluding hydrogens is 440 g/mol. The van der Waals surface area contributed by atoms with Crippen molar-refractivity contribution in [1.29, 1.82) is 0 Å². The molecule has 1 aromatic carbocycles. The molecule has 0 aliphatic heterocycles. The molecule has 1 aliphatic carbocycles. The number of methoxy groups -OCH3 is 1. The molecule has 1 N–H and O–H groups in total. The Kier molecular flexibility index (Phi) is 6.90. The zero-order valence-corrected chi connectivity index (χ0v) is 19.6.